The van der Waals surface area contributed by atoms with Crippen LogP contribution in [0.3, 0.4) is 0 Å². The van der Waals surface area contributed by atoms with Crippen molar-refractivity contribution >= 4 is 29.2 Å². The topological polar surface area (TPSA) is 58.2 Å². The summed E-state index contributed by atoms with van der Waals surface area (Å²) in [6.45, 7) is 1.49. The molecule has 0 bridgehead atoms. The lowest BCUT2D eigenvalue weighted by molar-refractivity contribution is -0.119. The number of halogens is 1. The number of nitrogens with one attached hydrogen (secondary N) is 2. The maximum atomic E-state index is 11.2. The fourth-order valence-corrected chi connectivity index (χ4v) is 0.950. The largest absolute Gasteiger partial charge is 0.325 e. The molecule has 0 saturated heterocycles. The molecule has 5 heteroatoms. The van der Waals surface area contributed by atoms with E-state index in [4.69, 9.17) is 11.6 Å². The number of rotatable bonds is 2. The normalized spacial score (nSPS) is 11.6. The molecule has 0 radical (unpaired) electrons. The molecule has 0 heterocycles. The Morgan fingerprint density at radius 3 is 2.40 bits per heavy atom. The van der Waals surface area contributed by atoms with Gasteiger partial charge in [0.25, 0.3) is 0 Å². The van der Waals surface area contributed by atoms with Gasteiger partial charge in [-0.15, -0.1) is 11.6 Å². The van der Waals surface area contributed by atoms with E-state index < -0.39 is 17.3 Å². The quantitative estimate of drug-likeness (QED) is 0.758. The predicted molar refractivity (Wildman–Crippen MR) is 58.9 cm³/mol. The number of imide groups is 1. The van der Waals surface area contributed by atoms with E-state index in [1.165, 1.54) is 6.92 Å². The van der Waals surface area contributed by atoms with Gasteiger partial charge in [-0.05, 0) is 19.1 Å². The second-order valence-corrected chi connectivity index (χ2v) is 3.58. The molecule has 1 aromatic carbocycles. The Bertz CT molecular complexity index is 352. The van der Waals surface area contributed by atoms with Crippen LogP contribution >= 0.6 is 11.6 Å². The van der Waals surface area contributed by atoms with Gasteiger partial charge in [0.2, 0.25) is 5.91 Å². The molecule has 0 aliphatic heterocycles. The zero-order chi connectivity index (χ0) is 11.3. The first kappa shape index (κ1) is 11.5. The number of para-hydroxylation sites is 1. The smallest absolute Gasteiger partial charge is 0.308 e. The van der Waals surface area contributed by atoms with Crippen LogP contribution in [0.5, 0.6) is 0 Å². The number of alkyl halides is 1. The highest BCUT2D eigenvalue weighted by molar-refractivity contribution is 6.31. The molecule has 4 nitrogen and oxygen atoms in total. The van der Waals surface area contributed by atoms with Crippen molar-refractivity contribution in [3.8, 4) is 0 Å². The first-order valence-corrected chi connectivity index (χ1v) is 4.84. The molecule has 1 aromatic rings. The van der Waals surface area contributed by atoms with Crippen molar-refractivity contribution in [1.82, 2.24) is 5.32 Å². The third-order valence-electron chi connectivity index (χ3n) is 1.63. The fraction of sp³-hybridized carbons (Fsp3) is 0.200. The lowest BCUT2D eigenvalue weighted by Crippen LogP contribution is -2.38. The molecule has 0 fully saturated rings. The Morgan fingerprint density at radius 2 is 1.87 bits per heavy atom. The summed E-state index contributed by atoms with van der Waals surface area (Å²) < 4.78 is 0. The molecule has 2 N–H and O–H groups in total. The molecular weight excluding hydrogens is 216 g/mol. The summed E-state index contributed by atoms with van der Waals surface area (Å²) in [5.74, 6) is -0.523. The molecule has 3 amide bonds. The van der Waals surface area contributed by atoms with Crippen molar-refractivity contribution < 1.29 is 9.59 Å². The van der Waals surface area contributed by atoms with Crippen LogP contribution < -0.4 is 10.6 Å². The number of hydrogen-bond acceptors (Lipinski definition) is 2. The highest BCUT2D eigenvalue weighted by Gasteiger charge is 2.12. The summed E-state index contributed by atoms with van der Waals surface area (Å²) >= 11 is 5.48. The minimum atomic E-state index is -0.730. The molecule has 1 atom stereocenters. The monoisotopic (exact) mass is 226 g/mol. The van der Waals surface area contributed by atoms with Crippen LogP contribution in [-0.2, 0) is 4.79 Å². The molecule has 80 valence electrons. The summed E-state index contributed by atoms with van der Waals surface area (Å²) in [5.41, 5.74) is 0.616. The van der Waals surface area contributed by atoms with Gasteiger partial charge in [-0.3, -0.25) is 10.1 Å². The minimum absolute atomic E-state index is 0.523. The number of hydrogen-bond donors (Lipinski definition) is 2. The lowest BCUT2D eigenvalue weighted by atomic mass is 10.3. The zero-order valence-electron chi connectivity index (χ0n) is 8.16. The highest BCUT2D eigenvalue weighted by atomic mass is 35.5. The molecule has 0 unspecified atom stereocenters. The van der Waals surface area contributed by atoms with Gasteiger partial charge < -0.3 is 5.32 Å². The van der Waals surface area contributed by atoms with Crippen LogP contribution in [0, 0.1) is 0 Å². The molecule has 0 aromatic heterocycles. The second kappa shape index (κ2) is 5.36. The first-order valence-electron chi connectivity index (χ1n) is 4.40. The summed E-state index contributed by atoms with van der Waals surface area (Å²) in [6.07, 6.45) is 0. The van der Waals surface area contributed by atoms with Gasteiger partial charge in [0.1, 0.15) is 5.38 Å². The zero-order valence-corrected chi connectivity index (χ0v) is 8.91. The van der Waals surface area contributed by atoms with E-state index >= 15 is 0 Å². The van der Waals surface area contributed by atoms with E-state index in [2.05, 4.69) is 10.6 Å². The standard InChI is InChI=1S/C10H11ClN2O2/c1-7(11)9(14)13-10(15)12-8-5-3-2-4-6-8/h2-7H,1H3,(H2,12,13,14,15)/t7-/m1/s1. The van der Waals surface area contributed by atoms with Crippen LogP contribution in [0.2, 0.25) is 0 Å². The third kappa shape index (κ3) is 3.99. The molecule has 0 aliphatic rings. The molecule has 15 heavy (non-hydrogen) atoms. The Labute approximate surface area is 92.6 Å². The summed E-state index contributed by atoms with van der Waals surface area (Å²) in [6, 6.07) is 8.24. The molecular formula is C10H11ClN2O2. The average molecular weight is 227 g/mol. The van der Waals surface area contributed by atoms with Crippen molar-refractivity contribution in [1.29, 1.82) is 0 Å². The molecule has 0 saturated carbocycles. The maximum absolute atomic E-state index is 11.2. The number of benzene rings is 1. The van der Waals surface area contributed by atoms with Gasteiger partial charge >= 0.3 is 6.03 Å². The van der Waals surface area contributed by atoms with Crippen LogP contribution in [0.4, 0.5) is 10.5 Å². The van der Waals surface area contributed by atoms with Crippen molar-refractivity contribution in [2.75, 3.05) is 5.32 Å². The summed E-state index contributed by atoms with van der Waals surface area (Å²) in [4.78, 5) is 22.3. The first-order chi connectivity index (χ1) is 7.09. The Balaban J connectivity index is 2.47. The number of carbonyl (C=O) groups excluding carboxylic acids is 2. The number of urea groups is 1. The van der Waals surface area contributed by atoms with Gasteiger partial charge in [0, 0.05) is 5.69 Å². The number of amides is 3. The van der Waals surface area contributed by atoms with E-state index in [-0.39, 0.29) is 0 Å². The molecule has 1 rings (SSSR count). The van der Waals surface area contributed by atoms with Crippen LogP contribution in [0.1, 0.15) is 6.92 Å². The Hall–Kier alpha value is -1.55. The van der Waals surface area contributed by atoms with Gasteiger partial charge in [-0.1, -0.05) is 18.2 Å². The predicted octanol–water partition coefficient (Wildman–Crippen LogP) is 1.96. The number of anilines is 1. The van der Waals surface area contributed by atoms with Crippen molar-refractivity contribution in [3.63, 3.8) is 0 Å². The Kier molecular flexibility index (Phi) is 4.12. The van der Waals surface area contributed by atoms with E-state index in [1.54, 1.807) is 24.3 Å². The van der Waals surface area contributed by atoms with Crippen molar-refractivity contribution in [2.24, 2.45) is 0 Å². The minimum Gasteiger partial charge on any atom is -0.308 e. The third-order valence-corrected chi connectivity index (χ3v) is 1.83. The van der Waals surface area contributed by atoms with Crippen LogP contribution in [0.15, 0.2) is 30.3 Å². The Morgan fingerprint density at radius 1 is 1.27 bits per heavy atom. The van der Waals surface area contributed by atoms with Gasteiger partial charge in [-0.2, -0.15) is 0 Å². The molecule has 0 aliphatic carbocycles. The lowest BCUT2D eigenvalue weighted by Gasteiger charge is -2.06. The van der Waals surface area contributed by atoms with Crippen molar-refractivity contribution in [2.45, 2.75) is 12.3 Å². The highest BCUT2D eigenvalue weighted by Crippen LogP contribution is 2.04. The number of carbonyl (C=O) groups is 2. The van der Waals surface area contributed by atoms with E-state index in [9.17, 15) is 9.59 Å². The van der Waals surface area contributed by atoms with Crippen LogP contribution in [-0.4, -0.2) is 17.3 Å². The SMILES string of the molecule is C[C@@H](Cl)C(=O)NC(=O)Nc1ccccc1. The van der Waals surface area contributed by atoms with Crippen LogP contribution in [0.25, 0.3) is 0 Å². The average Bonchev–Trinajstić information content (AvgIpc) is 2.18. The van der Waals surface area contributed by atoms with Gasteiger partial charge in [0.15, 0.2) is 0 Å². The van der Waals surface area contributed by atoms with E-state index in [0.717, 1.165) is 0 Å². The van der Waals surface area contributed by atoms with E-state index in [1.807, 2.05) is 6.07 Å². The summed E-state index contributed by atoms with van der Waals surface area (Å²) in [5, 5.41) is 3.88. The van der Waals surface area contributed by atoms with E-state index in [0.29, 0.717) is 5.69 Å². The summed E-state index contributed by atoms with van der Waals surface area (Å²) in [7, 11) is 0. The van der Waals surface area contributed by atoms with Gasteiger partial charge in [0.05, 0.1) is 0 Å². The van der Waals surface area contributed by atoms with Gasteiger partial charge in [-0.25, -0.2) is 4.79 Å². The second-order valence-electron chi connectivity index (χ2n) is 2.93. The van der Waals surface area contributed by atoms with Crippen molar-refractivity contribution in [3.05, 3.63) is 30.3 Å². The molecule has 0 spiro atoms. The fourth-order valence-electron chi connectivity index (χ4n) is 0.895. The maximum Gasteiger partial charge on any atom is 0.325 e.